The van der Waals surface area contributed by atoms with E-state index in [1.165, 1.54) is 12.1 Å². The van der Waals surface area contributed by atoms with Crippen LogP contribution < -0.4 is 15.8 Å². The van der Waals surface area contributed by atoms with E-state index in [-0.39, 0.29) is 36.4 Å². The Hall–Kier alpha value is -3.83. The Morgan fingerprint density at radius 2 is 2.09 bits per heavy atom. The molecule has 0 bridgehead atoms. The third-order valence-corrected chi connectivity index (χ3v) is 5.58. The molecule has 1 aromatic carbocycles. The van der Waals surface area contributed by atoms with Crippen LogP contribution in [0.4, 0.5) is 16.0 Å². The van der Waals surface area contributed by atoms with E-state index in [0.29, 0.717) is 29.3 Å². The zero-order valence-electron chi connectivity index (χ0n) is 19.6. The Morgan fingerprint density at radius 3 is 2.83 bits per heavy atom. The largest absolute Gasteiger partial charge is 0.461 e. The van der Waals surface area contributed by atoms with Gasteiger partial charge in [0.2, 0.25) is 0 Å². The van der Waals surface area contributed by atoms with Crippen molar-refractivity contribution < 1.29 is 18.6 Å². The summed E-state index contributed by atoms with van der Waals surface area (Å²) in [5.41, 5.74) is 8.75. The monoisotopic (exact) mass is 479 g/mol. The number of anilines is 2. The van der Waals surface area contributed by atoms with Crippen molar-refractivity contribution in [3.63, 3.8) is 0 Å². The molecule has 1 fully saturated rings. The highest BCUT2D eigenvalue weighted by molar-refractivity contribution is 5.85. The van der Waals surface area contributed by atoms with E-state index in [1.54, 1.807) is 41.2 Å². The number of ether oxygens (including phenoxy) is 3. The number of rotatable bonds is 7. The number of fused-ring (bicyclic) bond motifs is 1. The standard InChI is InChI=1S/C24H26FN7O3/c1-14(15-5-7-16(25)8-6-15)28-19-11-18(20-21(26)31-32-10-4-9-27-22(20)32)29-23(30-19)33-12-17-13-34-24(2,3)35-17/h4-11,14,17H,12-13H2,1-3H3,(H2,26,31)(H,28,29,30)/t14-,17?/m0/s1. The molecule has 1 saturated heterocycles. The van der Waals surface area contributed by atoms with Crippen LogP contribution in [0.5, 0.6) is 6.01 Å². The molecule has 182 valence electrons. The van der Waals surface area contributed by atoms with Crippen molar-refractivity contribution >= 4 is 17.3 Å². The van der Waals surface area contributed by atoms with Crippen LogP contribution in [0.25, 0.3) is 16.9 Å². The zero-order valence-corrected chi connectivity index (χ0v) is 19.6. The molecule has 3 aromatic heterocycles. The van der Waals surface area contributed by atoms with Gasteiger partial charge in [0.1, 0.15) is 24.3 Å². The van der Waals surface area contributed by atoms with Crippen molar-refractivity contribution in [3.8, 4) is 17.3 Å². The first-order valence-corrected chi connectivity index (χ1v) is 11.2. The van der Waals surface area contributed by atoms with Gasteiger partial charge in [-0.2, -0.15) is 9.97 Å². The van der Waals surface area contributed by atoms with E-state index in [2.05, 4.69) is 25.4 Å². The number of nitrogen functional groups attached to an aromatic ring is 1. The van der Waals surface area contributed by atoms with Gasteiger partial charge in [-0.25, -0.2) is 13.9 Å². The number of benzene rings is 1. The summed E-state index contributed by atoms with van der Waals surface area (Å²) in [7, 11) is 0. The molecule has 2 atom stereocenters. The van der Waals surface area contributed by atoms with Crippen LogP contribution in [0.3, 0.4) is 0 Å². The fraction of sp³-hybridized carbons (Fsp3) is 0.333. The third-order valence-electron chi connectivity index (χ3n) is 5.58. The molecular weight excluding hydrogens is 453 g/mol. The fourth-order valence-corrected chi connectivity index (χ4v) is 3.91. The smallest absolute Gasteiger partial charge is 0.319 e. The lowest BCUT2D eigenvalue weighted by molar-refractivity contribution is -0.141. The molecule has 35 heavy (non-hydrogen) atoms. The SMILES string of the molecule is C[C@H](Nc1cc(-c2c(N)nn3cccnc23)nc(OCC2COC(C)(C)O2)n1)c1ccc(F)cc1. The van der Waals surface area contributed by atoms with Crippen LogP contribution in [-0.2, 0) is 9.47 Å². The minimum Gasteiger partial charge on any atom is -0.461 e. The Bertz CT molecular complexity index is 1340. The van der Waals surface area contributed by atoms with E-state index in [4.69, 9.17) is 19.9 Å². The van der Waals surface area contributed by atoms with Crippen LogP contribution in [0, 0.1) is 5.82 Å². The molecule has 11 heteroatoms. The van der Waals surface area contributed by atoms with Crippen molar-refractivity contribution in [2.75, 3.05) is 24.3 Å². The highest BCUT2D eigenvalue weighted by Gasteiger charge is 2.33. The van der Waals surface area contributed by atoms with Gasteiger partial charge in [0, 0.05) is 24.5 Å². The maximum atomic E-state index is 13.4. The molecule has 5 rings (SSSR count). The summed E-state index contributed by atoms with van der Waals surface area (Å²) >= 11 is 0. The van der Waals surface area contributed by atoms with Gasteiger partial charge < -0.3 is 25.3 Å². The number of hydrogen-bond acceptors (Lipinski definition) is 9. The van der Waals surface area contributed by atoms with Crippen LogP contribution in [0.15, 0.2) is 48.8 Å². The lowest BCUT2D eigenvalue weighted by Gasteiger charge is -2.18. The number of halogens is 1. The molecule has 10 nitrogen and oxygen atoms in total. The average Bonchev–Trinajstić information content (AvgIpc) is 3.35. The average molecular weight is 480 g/mol. The normalized spacial score (nSPS) is 18.0. The number of aromatic nitrogens is 5. The molecule has 0 saturated carbocycles. The summed E-state index contributed by atoms with van der Waals surface area (Å²) in [6.07, 6.45) is 3.17. The molecule has 0 spiro atoms. The lowest BCUT2D eigenvalue weighted by Crippen LogP contribution is -2.25. The number of nitrogens with zero attached hydrogens (tertiary/aromatic N) is 5. The van der Waals surface area contributed by atoms with Gasteiger partial charge in [-0.15, -0.1) is 5.10 Å². The molecule has 1 aliphatic rings. The quantitative estimate of drug-likeness (QED) is 0.409. The van der Waals surface area contributed by atoms with Gasteiger partial charge in [-0.05, 0) is 44.5 Å². The molecule has 1 unspecified atom stereocenters. The Kier molecular flexibility index (Phi) is 5.95. The lowest BCUT2D eigenvalue weighted by atomic mass is 10.1. The van der Waals surface area contributed by atoms with Crippen molar-refractivity contribution in [2.24, 2.45) is 0 Å². The zero-order chi connectivity index (χ0) is 24.6. The molecular formula is C24H26FN7O3. The van der Waals surface area contributed by atoms with Crippen LogP contribution in [-0.4, -0.2) is 49.7 Å². The molecule has 0 aliphatic carbocycles. The predicted molar refractivity (Wildman–Crippen MR) is 127 cm³/mol. The van der Waals surface area contributed by atoms with Crippen molar-refractivity contribution in [1.29, 1.82) is 0 Å². The first kappa shape index (κ1) is 22.9. The predicted octanol–water partition coefficient (Wildman–Crippen LogP) is 3.61. The first-order chi connectivity index (χ1) is 16.8. The number of nitrogens with one attached hydrogen (secondary N) is 1. The molecule has 1 aliphatic heterocycles. The van der Waals surface area contributed by atoms with Crippen molar-refractivity contribution in [3.05, 3.63) is 60.2 Å². The summed E-state index contributed by atoms with van der Waals surface area (Å²) in [6, 6.07) is 9.77. The second kappa shape index (κ2) is 9.08. The number of hydrogen-bond donors (Lipinski definition) is 2. The van der Waals surface area contributed by atoms with E-state index >= 15 is 0 Å². The van der Waals surface area contributed by atoms with Gasteiger partial charge in [-0.1, -0.05) is 12.1 Å². The summed E-state index contributed by atoms with van der Waals surface area (Å²) in [5.74, 6) is -0.176. The molecule has 0 amide bonds. The molecule has 3 N–H and O–H groups in total. The Balaban J connectivity index is 1.47. The second-order valence-electron chi connectivity index (χ2n) is 8.75. The summed E-state index contributed by atoms with van der Waals surface area (Å²) in [6.45, 7) is 6.27. The van der Waals surface area contributed by atoms with Crippen LogP contribution in [0.2, 0.25) is 0 Å². The van der Waals surface area contributed by atoms with Gasteiger partial charge >= 0.3 is 6.01 Å². The van der Waals surface area contributed by atoms with E-state index in [9.17, 15) is 4.39 Å². The van der Waals surface area contributed by atoms with Crippen molar-refractivity contribution in [1.82, 2.24) is 24.6 Å². The highest BCUT2D eigenvalue weighted by atomic mass is 19.1. The number of nitrogens with two attached hydrogens (primary N) is 1. The van der Waals surface area contributed by atoms with Crippen molar-refractivity contribution in [2.45, 2.75) is 38.7 Å². The summed E-state index contributed by atoms with van der Waals surface area (Å²) in [5, 5.41) is 7.66. The van der Waals surface area contributed by atoms with Crippen LogP contribution in [0.1, 0.15) is 32.4 Å². The highest BCUT2D eigenvalue weighted by Crippen LogP contribution is 2.31. The van der Waals surface area contributed by atoms with E-state index in [1.807, 2.05) is 20.8 Å². The molecule has 4 heterocycles. The first-order valence-electron chi connectivity index (χ1n) is 11.2. The van der Waals surface area contributed by atoms with Gasteiger partial charge in [0.25, 0.3) is 0 Å². The van der Waals surface area contributed by atoms with E-state index in [0.717, 1.165) is 5.56 Å². The summed E-state index contributed by atoms with van der Waals surface area (Å²) in [4.78, 5) is 13.5. The Morgan fingerprint density at radius 1 is 1.29 bits per heavy atom. The second-order valence-corrected chi connectivity index (χ2v) is 8.75. The maximum absolute atomic E-state index is 13.4. The minimum absolute atomic E-state index is 0.138. The van der Waals surface area contributed by atoms with Gasteiger partial charge in [0.05, 0.1) is 17.9 Å². The minimum atomic E-state index is -0.661. The Labute approximate surface area is 201 Å². The van der Waals surface area contributed by atoms with Gasteiger partial charge in [-0.3, -0.25) is 0 Å². The fourth-order valence-electron chi connectivity index (χ4n) is 3.91. The van der Waals surface area contributed by atoms with Crippen LogP contribution >= 0.6 is 0 Å². The maximum Gasteiger partial charge on any atom is 0.319 e. The summed E-state index contributed by atoms with van der Waals surface area (Å²) < 4.78 is 32.3. The van der Waals surface area contributed by atoms with Gasteiger partial charge in [0.15, 0.2) is 17.3 Å². The molecule has 0 radical (unpaired) electrons. The molecule has 4 aromatic rings. The third kappa shape index (κ3) is 5.00. The topological polar surface area (TPSA) is 122 Å². The van der Waals surface area contributed by atoms with E-state index < -0.39 is 5.79 Å².